The SMILES string of the molecule is CN(C)N1C(=O)C(O)=C([n+]2ccc(C(=O)O)cc2)C1=O. The number of hydrazine groups is 1. The molecule has 0 spiro atoms. The number of pyridine rings is 1. The molecule has 0 fully saturated rings. The minimum Gasteiger partial charge on any atom is -0.498 e. The Labute approximate surface area is 113 Å². The van der Waals surface area contributed by atoms with Crippen LogP contribution in [0.3, 0.4) is 0 Å². The molecule has 0 aromatic carbocycles. The Hall–Kier alpha value is -2.74. The molecule has 0 unspecified atom stereocenters. The van der Waals surface area contributed by atoms with Crippen molar-refractivity contribution in [1.29, 1.82) is 0 Å². The molecule has 1 aromatic heterocycles. The van der Waals surface area contributed by atoms with Gasteiger partial charge in [0.1, 0.15) is 0 Å². The number of imide groups is 1. The van der Waals surface area contributed by atoms with E-state index >= 15 is 0 Å². The summed E-state index contributed by atoms with van der Waals surface area (Å²) in [4.78, 5) is 34.6. The van der Waals surface area contributed by atoms with Crippen LogP contribution in [0.4, 0.5) is 0 Å². The molecule has 0 bridgehead atoms. The average molecular weight is 278 g/mol. The molecule has 0 saturated heterocycles. The molecule has 0 aliphatic carbocycles. The van der Waals surface area contributed by atoms with Crippen molar-refractivity contribution in [1.82, 2.24) is 10.0 Å². The van der Waals surface area contributed by atoms with Gasteiger partial charge in [0.05, 0.1) is 5.56 Å². The van der Waals surface area contributed by atoms with E-state index in [9.17, 15) is 19.5 Å². The molecule has 2 heterocycles. The van der Waals surface area contributed by atoms with E-state index in [1.165, 1.54) is 48.2 Å². The number of carbonyl (C=O) groups excluding carboxylic acids is 2. The number of aromatic carboxylic acids is 1. The van der Waals surface area contributed by atoms with Crippen molar-refractivity contribution in [2.75, 3.05) is 14.1 Å². The number of hydrogen-bond acceptors (Lipinski definition) is 5. The van der Waals surface area contributed by atoms with Gasteiger partial charge in [-0.3, -0.25) is 9.59 Å². The van der Waals surface area contributed by atoms with E-state index in [2.05, 4.69) is 0 Å². The highest BCUT2D eigenvalue weighted by molar-refractivity contribution is 6.28. The lowest BCUT2D eigenvalue weighted by atomic mass is 10.2. The van der Waals surface area contributed by atoms with Gasteiger partial charge < -0.3 is 10.2 Å². The second kappa shape index (κ2) is 4.74. The first-order chi connectivity index (χ1) is 9.34. The highest BCUT2D eigenvalue weighted by Gasteiger charge is 2.46. The number of amides is 2. The van der Waals surface area contributed by atoms with Crippen LogP contribution in [0.25, 0.3) is 5.70 Å². The number of rotatable bonds is 3. The number of hydrogen-bond donors (Lipinski definition) is 2. The first-order valence-electron chi connectivity index (χ1n) is 5.59. The molecule has 2 rings (SSSR count). The number of aromatic nitrogens is 1. The first kappa shape index (κ1) is 13.7. The fourth-order valence-electron chi connectivity index (χ4n) is 1.81. The van der Waals surface area contributed by atoms with Crippen molar-refractivity contribution in [3.8, 4) is 0 Å². The van der Waals surface area contributed by atoms with Crippen LogP contribution >= 0.6 is 0 Å². The molecule has 0 radical (unpaired) electrons. The van der Waals surface area contributed by atoms with Gasteiger partial charge in [-0.15, -0.1) is 0 Å². The van der Waals surface area contributed by atoms with Gasteiger partial charge in [-0.1, -0.05) is 0 Å². The Bertz CT molecular complexity index is 633. The summed E-state index contributed by atoms with van der Waals surface area (Å²) < 4.78 is 1.20. The van der Waals surface area contributed by atoms with Crippen LogP contribution in [-0.2, 0) is 9.59 Å². The maximum absolute atomic E-state index is 12.1. The van der Waals surface area contributed by atoms with E-state index in [1.807, 2.05) is 0 Å². The molecule has 1 aromatic rings. The van der Waals surface area contributed by atoms with Crippen LogP contribution < -0.4 is 4.57 Å². The number of carboxylic acid groups (broad SMARTS) is 1. The number of aliphatic hydroxyl groups is 1. The summed E-state index contributed by atoms with van der Waals surface area (Å²) in [5.74, 6) is -3.31. The monoisotopic (exact) mass is 278 g/mol. The highest BCUT2D eigenvalue weighted by Crippen LogP contribution is 2.19. The van der Waals surface area contributed by atoms with E-state index in [1.54, 1.807) is 0 Å². The van der Waals surface area contributed by atoms with Crippen molar-refractivity contribution in [2.24, 2.45) is 0 Å². The topological polar surface area (TPSA) is 102 Å². The van der Waals surface area contributed by atoms with Gasteiger partial charge >= 0.3 is 23.5 Å². The standard InChI is InChI=1S/C12H11N3O5/c1-13(2)15-10(17)8(9(16)11(15)18)14-5-3-7(4-6-14)12(19)20/h3-6H,1-2H3,(H-,16,17,19,20)/p+1. The van der Waals surface area contributed by atoms with Crippen LogP contribution in [0, 0.1) is 0 Å². The van der Waals surface area contributed by atoms with Crippen LogP contribution in [0.1, 0.15) is 10.4 Å². The second-order valence-corrected chi connectivity index (χ2v) is 4.27. The Balaban J connectivity index is 2.44. The zero-order valence-corrected chi connectivity index (χ0v) is 10.8. The molecule has 0 saturated carbocycles. The quantitative estimate of drug-likeness (QED) is 0.557. The fraction of sp³-hybridized carbons (Fsp3) is 0.167. The summed E-state index contributed by atoms with van der Waals surface area (Å²) in [7, 11) is 2.98. The molecule has 2 amide bonds. The van der Waals surface area contributed by atoms with E-state index in [0.29, 0.717) is 0 Å². The molecule has 20 heavy (non-hydrogen) atoms. The lowest BCUT2D eigenvalue weighted by Crippen LogP contribution is -2.45. The first-order valence-corrected chi connectivity index (χ1v) is 5.59. The maximum atomic E-state index is 12.1. The summed E-state index contributed by atoms with van der Waals surface area (Å²) in [5.41, 5.74) is -0.191. The zero-order valence-electron chi connectivity index (χ0n) is 10.8. The minimum absolute atomic E-state index is 0.0302. The summed E-state index contributed by atoms with van der Waals surface area (Å²) in [5, 5.41) is 20.6. The van der Waals surface area contributed by atoms with Crippen molar-refractivity contribution >= 4 is 23.5 Å². The number of aliphatic hydroxyl groups excluding tert-OH is 1. The van der Waals surface area contributed by atoms with Gasteiger partial charge in [-0.2, -0.15) is 9.58 Å². The predicted octanol–water partition coefficient (Wildman–Crippen LogP) is -0.756. The maximum Gasteiger partial charge on any atom is 0.345 e. The third kappa shape index (κ3) is 2.01. The summed E-state index contributed by atoms with van der Waals surface area (Å²) in [6, 6.07) is 2.53. The van der Waals surface area contributed by atoms with Crippen LogP contribution in [0.15, 0.2) is 30.3 Å². The third-order valence-corrected chi connectivity index (χ3v) is 2.75. The highest BCUT2D eigenvalue weighted by atomic mass is 16.4. The Kier molecular flexibility index (Phi) is 3.24. The number of carboxylic acids is 1. The fourth-order valence-corrected chi connectivity index (χ4v) is 1.81. The van der Waals surface area contributed by atoms with E-state index < -0.39 is 23.5 Å². The smallest absolute Gasteiger partial charge is 0.345 e. The molecule has 2 N–H and O–H groups in total. The molecule has 8 heteroatoms. The van der Waals surface area contributed by atoms with Crippen LogP contribution in [0.2, 0.25) is 0 Å². The minimum atomic E-state index is -1.11. The van der Waals surface area contributed by atoms with E-state index in [4.69, 9.17) is 5.11 Å². The summed E-state index contributed by atoms with van der Waals surface area (Å²) >= 11 is 0. The lowest BCUT2D eigenvalue weighted by molar-refractivity contribution is -0.578. The molecule has 1 aliphatic heterocycles. The largest absolute Gasteiger partial charge is 0.498 e. The van der Waals surface area contributed by atoms with Gasteiger partial charge in [0.15, 0.2) is 12.4 Å². The van der Waals surface area contributed by atoms with E-state index in [-0.39, 0.29) is 11.3 Å². The molecular weight excluding hydrogens is 266 g/mol. The summed E-state index contributed by atoms with van der Waals surface area (Å²) in [6.07, 6.45) is 2.58. The van der Waals surface area contributed by atoms with Gasteiger partial charge in [0.2, 0.25) is 0 Å². The van der Waals surface area contributed by atoms with Crippen molar-refractivity contribution in [2.45, 2.75) is 0 Å². The van der Waals surface area contributed by atoms with Gasteiger partial charge in [-0.25, -0.2) is 9.80 Å². The molecule has 8 nitrogen and oxygen atoms in total. The van der Waals surface area contributed by atoms with Crippen molar-refractivity contribution < 1.29 is 29.2 Å². The molecule has 104 valence electrons. The number of nitrogens with zero attached hydrogens (tertiary/aromatic N) is 3. The van der Waals surface area contributed by atoms with E-state index in [0.717, 1.165) is 5.01 Å². The Morgan fingerprint density at radius 2 is 1.75 bits per heavy atom. The lowest BCUT2D eigenvalue weighted by Gasteiger charge is -2.19. The third-order valence-electron chi connectivity index (χ3n) is 2.75. The van der Waals surface area contributed by atoms with Crippen LogP contribution in [-0.4, -0.2) is 52.1 Å². The molecule has 0 atom stereocenters. The van der Waals surface area contributed by atoms with Crippen LogP contribution in [0.5, 0.6) is 0 Å². The second-order valence-electron chi connectivity index (χ2n) is 4.27. The predicted molar refractivity (Wildman–Crippen MR) is 65.0 cm³/mol. The van der Waals surface area contributed by atoms with Gasteiger partial charge in [0.25, 0.3) is 5.76 Å². The normalized spacial score (nSPS) is 15.4. The van der Waals surface area contributed by atoms with Crippen molar-refractivity contribution in [3.05, 3.63) is 35.8 Å². The molecular formula is C12H12N3O5+. The average Bonchev–Trinajstić information content (AvgIpc) is 2.60. The number of carbonyl (C=O) groups is 3. The Morgan fingerprint density at radius 3 is 2.15 bits per heavy atom. The van der Waals surface area contributed by atoms with Gasteiger partial charge in [-0.05, 0) is 0 Å². The Morgan fingerprint density at radius 1 is 1.20 bits per heavy atom. The summed E-state index contributed by atoms with van der Waals surface area (Å²) in [6.45, 7) is 0. The molecule has 1 aliphatic rings. The zero-order chi connectivity index (χ0) is 15.0. The van der Waals surface area contributed by atoms with Gasteiger partial charge in [0, 0.05) is 26.2 Å². The van der Waals surface area contributed by atoms with Crippen molar-refractivity contribution in [3.63, 3.8) is 0 Å².